The van der Waals surface area contributed by atoms with Crippen molar-refractivity contribution in [1.29, 1.82) is 0 Å². The first-order valence-corrected chi connectivity index (χ1v) is 4.95. The first-order chi connectivity index (χ1) is 5.04. The third-order valence-electron chi connectivity index (χ3n) is 1.22. The fraction of sp³-hybridized carbons (Fsp3) is 0.714. The predicted molar refractivity (Wildman–Crippen MR) is 50.7 cm³/mol. The highest BCUT2D eigenvalue weighted by molar-refractivity contribution is 14.1. The minimum Gasteiger partial charge on any atom is -0.424 e. The third kappa shape index (κ3) is 2.15. The Morgan fingerprint density at radius 3 is 2.27 bits per heavy atom. The Hall–Kier alpha value is -0.130. The van der Waals surface area contributed by atoms with Crippen LogP contribution in [0.5, 0.6) is 0 Å². The monoisotopic (exact) mass is 266 g/mol. The number of nitrogens with zero attached hydrogens (tertiary/aromatic N) is 2. The van der Waals surface area contributed by atoms with E-state index >= 15 is 0 Å². The van der Waals surface area contributed by atoms with Gasteiger partial charge in [0.25, 0.3) is 0 Å². The molecule has 11 heavy (non-hydrogen) atoms. The van der Waals surface area contributed by atoms with E-state index in [1.54, 1.807) is 0 Å². The van der Waals surface area contributed by atoms with Gasteiger partial charge in [0.15, 0.2) is 0 Å². The molecule has 0 radical (unpaired) electrons. The van der Waals surface area contributed by atoms with Crippen LogP contribution >= 0.6 is 22.6 Å². The van der Waals surface area contributed by atoms with Crippen LogP contribution in [0.1, 0.15) is 32.6 Å². The Morgan fingerprint density at radius 1 is 1.36 bits per heavy atom. The molecule has 1 aromatic heterocycles. The van der Waals surface area contributed by atoms with Gasteiger partial charge in [-0.05, 0) is 0 Å². The molecule has 0 saturated carbocycles. The molecule has 0 bridgehead atoms. The normalized spacial score (nSPS) is 12.0. The van der Waals surface area contributed by atoms with Crippen LogP contribution in [-0.4, -0.2) is 10.2 Å². The molecule has 4 heteroatoms. The number of halogens is 1. The lowest BCUT2D eigenvalue weighted by molar-refractivity contribution is 0.379. The van der Waals surface area contributed by atoms with Gasteiger partial charge in [0.05, 0.1) is 4.43 Å². The van der Waals surface area contributed by atoms with Gasteiger partial charge in [-0.1, -0.05) is 43.4 Å². The van der Waals surface area contributed by atoms with E-state index in [1.165, 1.54) is 0 Å². The van der Waals surface area contributed by atoms with Gasteiger partial charge in [-0.3, -0.25) is 0 Å². The Morgan fingerprint density at radius 2 is 2.00 bits per heavy atom. The highest BCUT2D eigenvalue weighted by Crippen LogP contribution is 2.20. The maximum absolute atomic E-state index is 5.37. The molecule has 1 heterocycles. The molecular weight excluding hydrogens is 255 g/mol. The Labute approximate surface area is 79.7 Å². The first kappa shape index (κ1) is 8.96. The van der Waals surface area contributed by atoms with Crippen LogP contribution in [0.15, 0.2) is 4.42 Å². The zero-order valence-electron chi connectivity index (χ0n) is 6.89. The summed E-state index contributed by atoms with van der Waals surface area (Å²) >= 11 is 2.20. The van der Waals surface area contributed by atoms with Gasteiger partial charge in [0.1, 0.15) is 0 Å². The van der Waals surface area contributed by atoms with Crippen molar-refractivity contribution in [3.05, 3.63) is 11.8 Å². The molecule has 0 spiro atoms. The second-order valence-corrected chi connectivity index (χ2v) is 4.15. The lowest BCUT2D eigenvalue weighted by Crippen LogP contribution is -2.11. The molecule has 1 rings (SSSR count). The van der Waals surface area contributed by atoms with Crippen molar-refractivity contribution in [1.82, 2.24) is 10.2 Å². The number of alkyl halides is 1. The molecule has 0 aliphatic carbocycles. The van der Waals surface area contributed by atoms with Gasteiger partial charge >= 0.3 is 0 Å². The number of hydrogen-bond acceptors (Lipinski definition) is 3. The number of hydrogen-bond donors (Lipinski definition) is 0. The molecule has 0 atom stereocenters. The average molecular weight is 266 g/mol. The molecule has 0 aliphatic rings. The van der Waals surface area contributed by atoms with Gasteiger partial charge in [-0.25, -0.2) is 0 Å². The second kappa shape index (κ2) is 3.08. The van der Waals surface area contributed by atoms with E-state index in [1.807, 2.05) is 0 Å². The van der Waals surface area contributed by atoms with Gasteiger partial charge in [-0.15, -0.1) is 10.2 Å². The van der Waals surface area contributed by atoms with E-state index in [0.29, 0.717) is 11.8 Å². The van der Waals surface area contributed by atoms with Crippen molar-refractivity contribution in [3.8, 4) is 0 Å². The van der Waals surface area contributed by atoms with Gasteiger partial charge < -0.3 is 4.42 Å². The molecule has 0 unspecified atom stereocenters. The molecule has 3 nitrogen and oxygen atoms in total. The van der Waals surface area contributed by atoms with E-state index in [-0.39, 0.29) is 5.41 Å². The quantitative estimate of drug-likeness (QED) is 0.578. The summed E-state index contributed by atoms with van der Waals surface area (Å²) in [5.41, 5.74) is -0.0307. The minimum atomic E-state index is -0.0307. The Kier molecular flexibility index (Phi) is 2.51. The van der Waals surface area contributed by atoms with Crippen molar-refractivity contribution >= 4 is 22.6 Å². The van der Waals surface area contributed by atoms with Gasteiger partial charge in [0, 0.05) is 5.41 Å². The predicted octanol–water partition coefficient (Wildman–Crippen LogP) is 2.30. The smallest absolute Gasteiger partial charge is 0.226 e. The van der Waals surface area contributed by atoms with Crippen LogP contribution in [0.2, 0.25) is 0 Å². The van der Waals surface area contributed by atoms with Crippen LogP contribution in [0.25, 0.3) is 0 Å². The number of aromatic nitrogens is 2. The van der Waals surface area contributed by atoms with E-state index in [0.717, 1.165) is 4.43 Å². The summed E-state index contributed by atoms with van der Waals surface area (Å²) in [6.45, 7) is 6.16. The van der Waals surface area contributed by atoms with E-state index in [4.69, 9.17) is 4.42 Å². The maximum atomic E-state index is 5.37. The zero-order chi connectivity index (χ0) is 8.48. The van der Waals surface area contributed by atoms with Crippen LogP contribution in [0.3, 0.4) is 0 Å². The van der Waals surface area contributed by atoms with Crippen LogP contribution < -0.4 is 0 Å². The highest BCUT2D eigenvalue weighted by atomic mass is 127. The molecule has 0 fully saturated rings. The third-order valence-corrected chi connectivity index (χ3v) is 1.88. The summed E-state index contributed by atoms with van der Waals surface area (Å²) in [6, 6.07) is 0. The summed E-state index contributed by atoms with van der Waals surface area (Å²) in [5.74, 6) is 1.42. The molecule has 1 aromatic rings. The van der Waals surface area contributed by atoms with E-state index in [9.17, 15) is 0 Å². The van der Waals surface area contributed by atoms with Crippen molar-refractivity contribution in [2.75, 3.05) is 0 Å². The maximum Gasteiger partial charge on any atom is 0.226 e. The topological polar surface area (TPSA) is 38.9 Å². The SMILES string of the molecule is CC(C)(C)c1nnc(CI)o1. The van der Waals surface area contributed by atoms with Crippen molar-refractivity contribution in [3.63, 3.8) is 0 Å². The Balaban J connectivity index is 2.89. The summed E-state index contributed by atoms with van der Waals surface area (Å²) in [5, 5.41) is 7.81. The summed E-state index contributed by atoms with van der Waals surface area (Å²) in [6.07, 6.45) is 0. The molecular formula is C7H11IN2O. The standard InChI is InChI=1S/C7H11IN2O/c1-7(2,3)6-10-9-5(4-8)11-6/h4H2,1-3H3. The van der Waals surface area contributed by atoms with Crippen LogP contribution in [-0.2, 0) is 9.84 Å². The molecule has 0 aliphatic heterocycles. The largest absolute Gasteiger partial charge is 0.424 e. The van der Waals surface area contributed by atoms with Crippen molar-refractivity contribution in [2.45, 2.75) is 30.6 Å². The second-order valence-electron chi connectivity index (χ2n) is 3.38. The fourth-order valence-corrected chi connectivity index (χ4v) is 0.919. The first-order valence-electron chi connectivity index (χ1n) is 3.43. The lowest BCUT2D eigenvalue weighted by Gasteiger charge is -2.10. The molecule has 0 saturated heterocycles. The highest BCUT2D eigenvalue weighted by Gasteiger charge is 2.20. The molecule has 0 N–H and O–H groups in total. The van der Waals surface area contributed by atoms with Crippen molar-refractivity contribution < 1.29 is 4.42 Å². The van der Waals surface area contributed by atoms with Gasteiger partial charge in [-0.2, -0.15) is 0 Å². The molecule has 62 valence electrons. The van der Waals surface area contributed by atoms with Crippen LogP contribution in [0.4, 0.5) is 0 Å². The van der Waals surface area contributed by atoms with E-state index in [2.05, 4.69) is 53.6 Å². The minimum absolute atomic E-state index is 0.0307. The van der Waals surface area contributed by atoms with E-state index < -0.39 is 0 Å². The van der Waals surface area contributed by atoms with Gasteiger partial charge in [0.2, 0.25) is 11.8 Å². The summed E-state index contributed by atoms with van der Waals surface area (Å²) < 4.78 is 6.15. The van der Waals surface area contributed by atoms with Crippen molar-refractivity contribution in [2.24, 2.45) is 0 Å². The molecule has 0 amide bonds. The average Bonchev–Trinajstić information content (AvgIpc) is 2.32. The zero-order valence-corrected chi connectivity index (χ0v) is 9.05. The number of rotatable bonds is 1. The summed E-state index contributed by atoms with van der Waals surface area (Å²) in [7, 11) is 0. The summed E-state index contributed by atoms with van der Waals surface area (Å²) in [4.78, 5) is 0. The lowest BCUT2D eigenvalue weighted by atomic mass is 9.97. The van der Waals surface area contributed by atoms with Crippen LogP contribution in [0, 0.1) is 0 Å². The fourth-order valence-electron chi connectivity index (χ4n) is 0.611. The Bertz CT molecular complexity index is 239. The molecule has 0 aromatic carbocycles.